The fourth-order valence-electron chi connectivity index (χ4n) is 4.49. The zero-order chi connectivity index (χ0) is 31.7. The lowest BCUT2D eigenvalue weighted by atomic mass is 10.1. The molecule has 0 aliphatic carbocycles. The van der Waals surface area contributed by atoms with Crippen molar-refractivity contribution < 1.29 is 27.5 Å². The van der Waals surface area contributed by atoms with Crippen LogP contribution in [0.3, 0.4) is 0 Å². The summed E-state index contributed by atoms with van der Waals surface area (Å²) in [5.74, 6) is -0.152. The highest BCUT2D eigenvalue weighted by atomic mass is 35.5. The van der Waals surface area contributed by atoms with Crippen molar-refractivity contribution >= 4 is 39.1 Å². The van der Waals surface area contributed by atoms with Crippen LogP contribution in [0.1, 0.15) is 44.7 Å². The van der Waals surface area contributed by atoms with Gasteiger partial charge in [0.25, 0.3) is 10.0 Å². The molecule has 3 aromatic carbocycles. The molecule has 0 fully saturated rings. The molecule has 1 N–H and O–H groups in total. The summed E-state index contributed by atoms with van der Waals surface area (Å²) in [6, 6.07) is 17.1. The second kappa shape index (κ2) is 15.1. The number of rotatable bonds is 14. The number of hydrogen-bond acceptors (Lipinski definition) is 6. The van der Waals surface area contributed by atoms with Crippen molar-refractivity contribution in [3.8, 4) is 11.5 Å². The van der Waals surface area contributed by atoms with Gasteiger partial charge < -0.3 is 19.7 Å². The second-order valence-electron chi connectivity index (χ2n) is 10.3. The maximum atomic E-state index is 14.2. The highest BCUT2D eigenvalue weighted by Gasteiger charge is 2.34. The first-order valence-electron chi connectivity index (χ1n) is 14.1. The summed E-state index contributed by atoms with van der Waals surface area (Å²) < 4.78 is 40.0. The summed E-state index contributed by atoms with van der Waals surface area (Å²) in [6.45, 7) is 7.04. The van der Waals surface area contributed by atoms with Crippen LogP contribution >= 0.6 is 11.6 Å². The number of carbonyl (C=O) groups is 2. The Bertz CT molecular complexity index is 1500. The van der Waals surface area contributed by atoms with Crippen LogP contribution in [-0.2, 0) is 26.2 Å². The topological polar surface area (TPSA) is 105 Å². The van der Waals surface area contributed by atoms with E-state index in [9.17, 15) is 18.0 Å². The lowest BCUT2D eigenvalue weighted by Gasteiger charge is -2.34. The van der Waals surface area contributed by atoms with E-state index in [1.54, 1.807) is 48.5 Å². The Labute approximate surface area is 259 Å². The van der Waals surface area contributed by atoms with Gasteiger partial charge in [0.15, 0.2) is 11.5 Å². The summed E-state index contributed by atoms with van der Waals surface area (Å²) >= 11 is 6.09. The van der Waals surface area contributed by atoms with Gasteiger partial charge in [-0.05, 0) is 68.7 Å². The van der Waals surface area contributed by atoms with Crippen LogP contribution < -0.4 is 19.1 Å². The van der Waals surface area contributed by atoms with Crippen molar-refractivity contribution in [2.45, 2.75) is 64.1 Å². The average Bonchev–Trinajstić information content (AvgIpc) is 3.00. The molecule has 3 rings (SSSR count). The maximum Gasteiger partial charge on any atom is 0.264 e. The molecule has 0 aromatic heterocycles. The van der Waals surface area contributed by atoms with E-state index in [4.69, 9.17) is 21.1 Å². The minimum absolute atomic E-state index is 0.0199. The molecule has 0 aliphatic rings. The van der Waals surface area contributed by atoms with Gasteiger partial charge in [0.1, 0.15) is 12.6 Å². The molecule has 0 radical (unpaired) electrons. The Kier molecular flexibility index (Phi) is 11.9. The van der Waals surface area contributed by atoms with Crippen molar-refractivity contribution in [1.29, 1.82) is 0 Å². The summed E-state index contributed by atoms with van der Waals surface area (Å²) in [7, 11) is -1.30. The molecule has 0 saturated carbocycles. The highest BCUT2D eigenvalue weighted by Crippen LogP contribution is 2.34. The standard InChI is InChI=1S/C32H40ClN3O6S/c1-7-23(4)34-32(38)28(8-2)35(20-24-11-13-25(33)14-12-24)31(37)21-36(26-15-18-29(41-5)30(19-26)42-6)43(39,40)27-16-9-22(3)10-17-27/h9-19,23,28H,7-8,20-21H2,1-6H3,(H,34,38)/t23-,28+/m1/s1. The summed E-state index contributed by atoms with van der Waals surface area (Å²) in [5, 5.41) is 3.50. The molecule has 0 bridgehead atoms. The number of sulfonamides is 1. The van der Waals surface area contributed by atoms with E-state index in [0.29, 0.717) is 22.9 Å². The SMILES string of the molecule is CC[C@@H](C)NC(=O)[C@H](CC)N(Cc1ccc(Cl)cc1)C(=O)CN(c1ccc(OC)c(OC)c1)S(=O)(=O)c1ccc(C)cc1. The number of ether oxygens (including phenoxy) is 2. The van der Waals surface area contributed by atoms with Gasteiger partial charge in [0.05, 0.1) is 24.8 Å². The molecular formula is C32H40ClN3O6S. The Morgan fingerprint density at radius 2 is 1.53 bits per heavy atom. The Hall–Kier alpha value is -3.76. The lowest BCUT2D eigenvalue weighted by Crippen LogP contribution is -2.53. The zero-order valence-electron chi connectivity index (χ0n) is 25.5. The van der Waals surface area contributed by atoms with Crippen molar-refractivity contribution in [1.82, 2.24) is 10.2 Å². The molecule has 2 atom stereocenters. The largest absolute Gasteiger partial charge is 0.493 e. The van der Waals surface area contributed by atoms with Gasteiger partial charge in [-0.1, -0.05) is 55.3 Å². The van der Waals surface area contributed by atoms with Crippen LogP contribution in [0.5, 0.6) is 11.5 Å². The first-order valence-corrected chi connectivity index (χ1v) is 15.9. The summed E-state index contributed by atoms with van der Waals surface area (Å²) in [4.78, 5) is 29.1. The van der Waals surface area contributed by atoms with Crippen molar-refractivity contribution in [2.24, 2.45) is 0 Å². The van der Waals surface area contributed by atoms with E-state index in [1.807, 2.05) is 27.7 Å². The first-order chi connectivity index (χ1) is 20.4. The molecule has 0 unspecified atom stereocenters. The minimum Gasteiger partial charge on any atom is -0.493 e. The predicted molar refractivity (Wildman–Crippen MR) is 169 cm³/mol. The number of nitrogens with zero attached hydrogens (tertiary/aromatic N) is 2. The van der Waals surface area contributed by atoms with Gasteiger partial charge in [-0.3, -0.25) is 13.9 Å². The van der Waals surface area contributed by atoms with Crippen LogP contribution in [-0.4, -0.2) is 58.0 Å². The van der Waals surface area contributed by atoms with E-state index in [1.165, 1.54) is 37.3 Å². The maximum absolute atomic E-state index is 14.2. The molecular weight excluding hydrogens is 590 g/mol. The van der Waals surface area contributed by atoms with Gasteiger partial charge in [-0.15, -0.1) is 0 Å². The normalized spacial score (nSPS) is 12.6. The minimum atomic E-state index is -4.23. The molecule has 9 nitrogen and oxygen atoms in total. The number of aryl methyl sites for hydroxylation is 1. The molecule has 232 valence electrons. The van der Waals surface area contributed by atoms with Crippen LogP contribution in [0.25, 0.3) is 0 Å². The third kappa shape index (κ3) is 8.42. The van der Waals surface area contributed by atoms with E-state index < -0.39 is 28.5 Å². The molecule has 43 heavy (non-hydrogen) atoms. The van der Waals surface area contributed by atoms with Crippen molar-refractivity contribution in [3.63, 3.8) is 0 Å². The quantitative estimate of drug-likeness (QED) is 0.250. The fraction of sp³-hybridized carbons (Fsp3) is 0.375. The van der Waals surface area contributed by atoms with Gasteiger partial charge in [-0.25, -0.2) is 8.42 Å². The van der Waals surface area contributed by atoms with Crippen LogP contribution in [0.4, 0.5) is 5.69 Å². The van der Waals surface area contributed by atoms with E-state index >= 15 is 0 Å². The molecule has 0 saturated heterocycles. The third-order valence-corrected chi connectivity index (χ3v) is 9.24. The molecule has 2 amide bonds. The molecule has 0 heterocycles. The van der Waals surface area contributed by atoms with Crippen molar-refractivity contribution in [3.05, 3.63) is 82.9 Å². The second-order valence-corrected chi connectivity index (χ2v) is 12.6. The number of amides is 2. The highest BCUT2D eigenvalue weighted by molar-refractivity contribution is 7.92. The first kappa shape index (κ1) is 33.7. The number of halogens is 1. The summed E-state index contributed by atoms with van der Waals surface area (Å²) in [5.41, 5.74) is 1.83. The number of methoxy groups -OCH3 is 2. The summed E-state index contributed by atoms with van der Waals surface area (Å²) in [6.07, 6.45) is 1.04. The number of nitrogens with one attached hydrogen (secondary N) is 1. The van der Waals surface area contributed by atoms with E-state index in [0.717, 1.165) is 21.9 Å². The lowest BCUT2D eigenvalue weighted by molar-refractivity contribution is -0.140. The van der Waals surface area contributed by atoms with Crippen LogP contribution in [0.2, 0.25) is 5.02 Å². The van der Waals surface area contributed by atoms with Gasteiger partial charge in [0, 0.05) is 23.7 Å². The van der Waals surface area contributed by atoms with Crippen LogP contribution in [0, 0.1) is 6.92 Å². The Balaban J connectivity index is 2.11. The molecule has 3 aromatic rings. The Morgan fingerprint density at radius 1 is 0.907 bits per heavy atom. The fourth-order valence-corrected chi connectivity index (χ4v) is 6.03. The van der Waals surface area contributed by atoms with E-state index in [-0.39, 0.29) is 29.1 Å². The van der Waals surface area contributed by atoms with Gasteiger partial charge >= 0.3 is 0 Å². The number of anilines is 1. The third-order valence-electron chi connectivity index (χ3n) is 7.20. The predicted octanol–water partition coefficient (Wildman–Crippen LogP) is 5.58. The van der Waals surface area contributed by atoms with Gasteiger partial charge in [-0.2, -0.15) is 0 Å². The molecule has 11 heteroatoms. The van der Waals surface area contributed by atoms with Crippen molar-refractivity contribution in [2.75, 3.05) is 25.1 Å². The monoisotopic (exact) mass is 629 g/mol. The van der Waals surface area contributed by atoms with E-state index in [2.05, 4.69) is 5.32 Å². The van der Waals surface area contributed by atoms with Crippen LogP contribution in [0.15, 0.2) is 71.6 Å². The number of hydrogen-bond donors (Lipinski definition) is 1. The Morgan fingerprint density at radius 3 is 2.09 bits per heavy atom. The average molecular weight is 630 g/mol. The smallest absolute Gasteiger partial charge is 0.264 e. The van der Waals surface area contributed by atoms with Gasteiger partial charge in [0.2, 0.25) is 11.8 Å². The number of carbonyl (C=O) groups excluding carboxylic acids is 2. The zero-order valence-corrected chi connectivity index (χ0v) is 27.0. The molecule has 0 aliphatic heterocycles. The number of benzene rings is 3. The molecule has 0 spiro atoms.